The van der Waals surface area contributed by atoms with Crippen molar-refractivity contribution >= 4 is 29.5 Å². The Morgan fingerprint density at radius 3 is 2.78 bits per heavy atom. The molecule has 27 heavy (non-hydrogen) atoms. The average molecular weight is 380 g/mol. The molecule has 0 spiro atoms. The van der Waals surface area contributed by atoms with Crippen LogP contribution in [0.15, 0.2) is 82.0 Å². The number of aliphatic imine (C=N–C) groups is 1. The molecule has 0 saturated heterocycles. The molecule has 1 aromatic heterocycles. The van der Waals surface area contributed by atoms with Gasteiger partial charge in [0.15, 0.2) is 11.5 Å². The summed E-state index contributed by atoms with van der Waals surface area (Å²) in [5.41, 5.74) is 1.95. The van der Waals surface area contributed by atoms with E-state index in [1.807, 2.05) is 48.5 Å². The Balaban J connectivity index is 1.50. The molecule has 1 aliphatic heterocycles. The summed E-state index contributed by atoms with van der Waals surface area (Å²) < 4.78 is 16.1. The van der Waals surface area contributed by atoms with Crippen molar-refractivity contribution in [2.75, 3.05) is 0 Å². The van der Waals surface area contributed by atoms with Crippen LogP contribution in [-0.4, -0.2) is 11.9 Å². The highest BCUT2D eigenvalue weighted by molar-refractivity contribution is 6.30. The van der Waals surface area contributed by atoms with Gasteiger partial charge in [-0.25, -0.2) is 9.79 Å². The zero-order valence-electron chi connectivity index (χ0n) is 14.1. The van der Waals surface area contributed by atoms with Crippen molar-refractivity contribution < 1.29 is 18.7 Å². The number of nitrogens with zero attached hydrogens (tertiary/aromatic N) is 1. The molecule has 134 valence electrons. The quantitative estimate of drug-likeness (QED) is 0.469. The summed E-state index contributed by atoms with van der Waals surface area (Å²) in [5, 5.41) is 0.666. The SMILES string of the molecule is O=C1OC(c2ccco2)=N/C1=C\c1cccc(OCc2cccc(Cl)c2)c1. The molecule has 0 fully saturated rings. The third kappa shape index (κ3) is 4.10. The van der Waals surface area contributed by atoms with Crippen LogP contribution in [0.4, 0.5) is 0 Å². The first-order valence-electron chi connectivity index (χ1n) is 8.21. The van der Waals surface area contributed by atoms with Crippen LogP contribution in [-0.2, 0) is 16.1 Å². The number of carbonyl (C=O) groups is 1. The fourth-order valence-corrected chi connectivity index (χ4v) is 2.77. The molecule has 4 rings (SSSR count). The number of benzene rings is 2. The topological polar surface area (TPSA) is 61.0 Å². The second-order valence-corrected chi connectivity index (χ2v) is 6.24. The molecule has 0 atom stereocenters. The second kappa shape index (κ2) is 7.51. The highest BCUT2D eigenvalue weighted by Crippen LogP contribution is 2.22. The standard InChI is InChI=1S/C21H14ClNO4/c22-16-6-1-5-15(10-16)13-26-17-7-2-4-14(11-17)12-18-21(24)27-20(23-18)19-8-3-9-25-19/h1-12H,13H2/b18-12-. The van der Waals surface area contributed by atoms with Gasteiger partial charge in [0.05, 0.1) is 6.26 Å². The van der Waals surface area contributed by atoms with E-state index in [9.17, 15) is 4.79 Å². The van der Waals surface area contributed by atoms with Crippen molar-refractivity contribution in [3.05, 3.63) is 94.5 Å². The van der Waals surface area contributed by atoms with Crippen LogP contribution < -0.4 is 4.74 Å². The molecule has 2 aromatic carbocycles. The molecule has 5 nitrogen and oxygen atoms in total. The van der Waals surface area contributed by atoms with Crippen LogP contribution >= 0.6 is 11.6 Å². The van der Waals surface area contributed by atoms with Gasteiger partial charge in [-0.3, -0.25) is 0 Å². The fourth-order valence-electron chi connectivity index (χ4n) is 2.56. The molecule has 3 aromatic rings. The highest BCUT2D eigenvalue weighted by Gasteiger charge is 2.25. The Morgan fingerprint density at radius 1 is 1.07 bits per heavy atom. The Bertz CT molecular complexity index is 1040. The lowest BCUT2D eigenvalue weighted by molar-refractivity contribution is -0.130. The fraction of sp³-hybridized carbons (Fsp3) is 0.0476. The predicted octanol–water partition coefficient (Wildman–Crippen LogP) is 4.86. The minimum Gasteiger partial charge on any atom is -0.489 e. The van der Waals surface area contributed by atoms with Gasteiger partial charge in [0.2, 0.25) is 0 Å². The molecule has 0 radical (unpaired) electrons. The number of cyclic esters (lactones) is 1. The number of hydrogen-bond acceptors (Lipinski definition) is 5. The molecule has 0 unspecified atom stereocenters. The Labute approximate surface area is 160 Å². The summed E-state index contributed by atoms with van der Waals surface area (Å²) in [4.78, 5) is 16.2. The van der Waals surface area contributed by atoms with E-state index < -0.39 is 5.97 Å². The number of hydrogen-bond donors (Lipinski definition) is 0. The lowest BCUT2D eigenvalue weighted by atomic mass is 10.2. The van der Waals surface area contributed by atoms with Gasteiger partial charge in [-0.1, -0.05) is 35.9 Å². The third-order valence-corrected chi connectivity index (χ3v) is 4.04. The number of halogens is 1. The van der Waals surface area contributed by atoms with Crippen LogP contribution in [0.2, 0.25) is 5.02 Å². The van der Waals surface area contributed by atoms with E-state index in [1.54, 1.807) is 18.2 Å². The van der Waals surface area contributed by atoms with E-state index in [1.165, 1.54) is 6.26 Å². The van der Waals surface area contributed by atoms with Crippen molar-refractivity contribution in [1.82, 2.24) is 0 Å². The van der Waals surface area contributed by atoms with Crippen LogP contribution in [0.1, 0.15) is 16.9 Å². The largest absolute Gasteiger partial charge is 0.489 e. The smallest absolute Gasteiger partial charge is 0.363 e. The molecule has 0 N–H and O–H groups in total. The summed E-state index contributed by atoms with van der Waals surface area (Å²) in [6, 6.07) is 18.2. The first-order chi connectivity index (χ1) is 13.2. The van der Waals surface area contributed by atoms with Gasteiger partial charge in [-0.15, -0.1) is 0 Å². The Morgan fingerprint density at radius 2 is 1.96 bits per heavy atom. The number of furan rings is 1. The van der Waals surface area contributed by atoms with Gasteiger partial charge >= 0.3 is 5.97 Å². The van der Waals surface area contributed by atoms with Gasteiger partial charge in [0.1, 0.15) is 12.4 Å². The molecular formula is C21H14ClNO4. The monoisotopic (exact) mass is 379 g/mol. The lowest BCUT2D eigenvalue weighted by Gasteiger charge is -2.07. The summed E-state index contributed by atoms with van der Waals surface area (Å²) in [6.45, 7) is 0.392. The van der Waals surface area contributed by atoms with Crippen LogP contribution in [0.5, 0.6) is 5.75 Å². The lowest BCUT2D eigenvalue weighted by Crippen LogP contribution is -2.04. The average Bonchev–Trinajstić information content (AvgIpc) is 3.31. The van der Waals surface area contributed by atoms with Gasteiger partial charge in [0.25, 0.3) is 5.90 Å². The maximum Gasteiger partial charge on any atom is 0.363 e. The molecule has 0 aliphatic carbocycles. The number of rotatable bonds is 5. The van der Waals surface area contributed by atoms with E-state index in [0.29, 0.717) is 23.1 Å². The van der Waals surface area contributed by atoms with E-state index in [-0.39, 0.29) is 11.6 Å². The molecular weight excluding hydrogens is 366 g/mol. The number of ether oxygens (including phenoxy) is 2. The normalized spacial score (nSPS) is 14.9. The van der Waals surface area contributed by atoms with Crippen molar-refractivity contribution in [2.24, 2.45) is 4.99 Å². The minimum absolute atomic E-state index is 0.157. The first-order valence-corrected chi connectivity index (χ1v) is 8.59. The van der Waals surface area contributed by atoms with Crippen LogP contribution in [0.3, 0.4) is 0 Å². The van der Waals surface area contributed by atoms with Crippen molar-refractivity contribution in [1.29, 1.82) is 0 Å². The Hall–Kier alpha value is -3.31. The van der Waals surface area contributed by atoms with Gasteiger partial charge < -0.3 is 13.9 Å². The molecule has 0 saturated carbocycles. The predicted molar refractivity (Wildman–Crippen MR) is 102 cm³/mol. The maximum atomic E-state index is 12.0. The molecule has 2 heterocycles. The minimum atomic E-state index is -0.522. The van der Waals surface area contributed by atoms with Crippen molar-refractivity contribution in [3.8, 4) is 5.75 Å². The zero-order valence-corrected chi connectivity index (χ0v) is 14.8. The van der Waals surface area contributed by atoms with Gasteiger partial charge in [0, 0.05) is 5.02 Å². The van der Waals surface area contributed by atoms with Gasteiger partial charge in [-0.2, -0.15) is 0 Å². The summed E-state index contributed by atoms with van der Waals surface area (Å²) in [7, 11) is 0. The highest BCUT2D eigenvalue weighted by atomic mass is 35.5. The zero-order chi connectivity index (χ0) is 18.6. The van der Waals surface area contributed by atoms with Crippen molar-refractivity contribution in [3.63, 3.8) is 0 Å². The van der Waals surface area contributed by atoms with Crippen LogP contribution in [0, 0.1) is 0 Å². The third-order valence-electron chi connectivity index (χ3n) is 3.81. The summed E-state index contributed by atoms with van der Waals surface area (Å²) in [6.07, 6.45) is 3.14. The summed E-state index contributed by atoms with van der Waals surface area (Å²) >= 11 is 5.98. The second-order valence-electron chi connectivity index (χ2n) is 5.80. The Kier molecular flexibility index (Phi) is 4.77. The molecule has 0 bridgehead atoms. The van der Waals surface area contributed by atoms with E-state index in [0.717, 1.165) is 11.1 Å². The molecule has 6 heteroatoms. The molecule has 1 aliphatic rings. The van der Waals surface area contributed by atoms with Crippen LogP contribution in [0.25, 0.3) is 6.08 Å². The van der Waals surface area contributed by atoms with E-state index >= 15 is 0 Å². The maximum absolute atomic E-state index is 12.0. The van der Waals surface area contributed by atoms with Crippen molar-refractivity contribution in [2.45, 2.75) is 6.61 Å². The van der Waals surface area contributed by atoms with E-state index in [2.05, 4.69) is 4.99 Å². The number of carbonyl (C=O) groups excluding carboxylic acids is 1. The first kappa shape index (κ1) is 17.1. The summed E-state index contributed by atoms with van der Waals surface area (Å²) in [5.74, 6) is 0.715. The molecule has 0 amide bonds. The van der Waals surface area contributed by atoms with E-state index in [4.69, 9.17) is 25.5 Å². The number of esters is 1. The van der Waals surface area contributed by atoms with Gasteiger partial charge in [-0.05, 0) is 53.6 Å².